The molecule has 1 fully saturated rings. The zero-order valence-electron chi connectivity index (χ0n) is 16.9. The van der Waals surface area contributed by atoms with Crippen LogP contribution >= 0.6 is 0 Å². The number of aromatic amines is 1. The van der Waals surface area contributed by atoms with Gasteiger partial charge in [0.1, 0.15) is 17.3 Å². The van der Waals surface area contributed by atoms with Crippen molar-refractivity contribution in [1.29, 1.82) is 0 Å². The minimum absolute atomic E-state index is 0.0120. The summed E-state index contributed by atoms with van der Waals surface area (Å²) >= 11 is 0. The van der Waals surface area contributed by atoms with Crippen molar-refractivity contribution >= 4 is 10.9 Å². The van der Waals surface area contributed by atoms with Gasteiger partial charge in [0.05, 0.1) is 6.04 Å². The molecule has 1 aliphatic carbocycles. The van der Waals surface area contributed by atoms with Crippen LogP contribution in [0.3, 0.4) is 0 Å². The van der Waals surface area contributed by atoms with Gasteiger partial charge in [-0.25, -0.2) is 13.2 Å². The quantitative estimate of drug-likeness (QED) is 0.560. The normalized spacial score (nSPS) is 24.3. The summed E-state index contributed by atoms with van der Waals surface area (Å²) in [5.74, 6) is -0.885. The number of hydrogen-bond donors (Lipinski definition) is 1. The molecule has 29 heavy (non-hydrogen) atoms. The molecule has 2 nitrogen and oxygen atoms in total. The summed E-state index contributed by atoms with van der Waals surface area (Å²) in [5, 5.41) is 1.11. The van der Waals surface area contributed by atoms with E-state index in [1.54, 1.807) is 6.92 Å². The lowest BCUT2D eigenvalue weighted by Crippen LogP contribution is -2.55. The number of nitrogens with zero attached hydrogens (tertiary/aromatic N) is 1. The van der Waals surface area contributed by atoms with Gasteiger partial charge in [0.2, 0.25) is 0 Å². The minimum atomic E-state index is -1.47. The monoisotopic (exact) mass is 398 g/mol. The van der Waals surface area contributed by atoms with Gasteiger partial charge in [0.15, 0.2) is 0 Å². The second-order valence-corrected chi connectivity index (χ2v) is 9.18. The molecule has 1 aromatic heterocycles. The van der Waals surface area contributed by atoms with Gasteiger partial charge in [-0.1, -0.05) is 18.2 Å². The molecular formula is C24H25F3N2. The van der Waals surface area contributed by atoms with Crippen molar-refractivity contribution in [3.63, 3.8) is 0 Å². The van der Waals surface area contributed by atoms with Gasteiger partial charge in [-0.3, -0.25) is 4.90 Å². The molecule has 152 valence electrons. The number of alkyl halides is 1. The Labute approximate surface area is 168 Å². The minimum Gasteiger partial charge on any atom is -0.357 e. The molecule has 5 heteroatoms. The number of aromatic nitrogens is 1. The molecule has 2 heterocycles. The van der Waals surface area contributed by atoms with E-state index in [2.05, 4.69) is 11.1 Å². The Morgan fingerprint density at radius 3 is 2.38 bits per heavy atom. The summed E-state index contributed by atoms with van der Waals surface area (Å²) < 4.78 is 45.0. The van der Waals surface area contributed by atoms with Crippen molar-refractivity contribution in [3.05, 3.63) is 70.4 Å². The zero-order chi connectivity index (χ0) is 20.5. The van der Waals surface area contributed by atoms with Gasteiger partial charge in [-0.2, -0.15) is 0 Å². The van der Waals surface area contributed by atoms with Crippen LogP contribution in [0.5, 0.6) is 0 Å². The van der Waals surface area contributed by atoms with Gasteiger partial charge in [-0.05, 0) is 62.9 Å². The molecule has 0 unspecified atom stereocenters. The first kappa shape index (κ1) is 18.7. The second kappa shape index (κ2) is 6.36. The fraction of sp³-hybridized carbons (Fsp3) is 0.417. The predicted molar refractivity (Wildman–Crippen MR) is 109 cm³/mol. The van der Waals surface area contributed by atoms with E-state index >= 15 is 8.78 Å². The predicted octanol–water partition coefficient (Wildman–Crippen LogP) is 6.15. The molecule has 1 saturated carbocycles. The van der Waals surface area contributed by atoms with Gasteiger partial charge < -0.3 is 4.98 Å². The number of H-pyrrole nitrogens is 1. The molecule has 0 spiro atoms. The maximum absolute atomic E-state index is 15.1. The van der Waals surface area contributed by atoms with Crippen molar-refractivity contribution < 1.29 is 13.2 Å². The number of para-hydroxylation sites is 1. The molecular weight excluding hydrogens is 373 g/mol. The maximum atomic E-state index is 15.1. The molecule has 0 saturated heterocycles. The van der Waals surface area contributed by atoms with Crippen LogP contribution in [0.25, 0.3) is 10.9 Å². The van der Waals surface area contributed by atoms with E-state index in [0.717, 1.165) is 35.0 Å². The van der Waals surface area contributed by atoms with Crippen LogP contribution in [0.1, 0.15) is 61.0 Å². The molecule has 0 bridgehead atoms. The summed E-state index contributed by atoms with van der Waals surface area (Å²) in [6, 6.07) is 10.1. The third-order valence-electron chi connectivity index (χ3n) is 6.47. The Hall–Kier alpha value is -2.27. The standard InChI is InChI=1S/C24H25F3N2/c1-13-10-16(25)21(17(26)11-13)23-22-20(14-6-4-5-7-18(14)28-22)15-8-9-19(15)29(23)12-24(2,3)27/h4-7,10-11,15,19,23,28H,8-9,12H2,1-3H3/t15-,19+,23+/m0/s1. The fourth-order valence-corrected chi connectivity index (χ4v) is 5.30. The van der Waals surface area contributed by atoms with Gasteiger partial charge in [0, 0.05) is 40.7 Å². The van der Waals surface area contributed by atoms with E-state index < -0.39 is 23.3 Å². The van der Waals surface area contributed by atoms with Crippen molar-refractivity contribution in [2.75, 3.05) is 6.54 Å². The fourth-order valence-electron chi connectivity index (χ4n) is 5.30. The SMILES string of the molecule is Cc1cc(F)c([C@@H]2c3[nH]c4ccccc4c3[C@H]3CC[C@H]3N2CC(C)(C)F)c(F)c1. The summed E-state index contributed by atoms with van der Waals surface area (Å²) in [4.78, 5) is 5.43. The average molecular weight is 398 g/mol. The van der Waals surface area contributed by atoms with Crippen molar-refractivity contribution in [1.82, 2.24) is 9.88 Å². The first-order chi connectivity index (χ1) is 13.7. The number of benzene rings is 2. The number of halogens is 3. The highest BCUT2D eigenvalue weighted by Crippen LogP contribution is 2.54. The second-order valence-electron chi connectivity index (χ2n) is 9.18. The highest BCUT2D eigenvalue weighted by molar-refractivity contribution is 5.86. The largest absolute Gasteiger partial charge is 0.357 e. The molecule has 0 amide bonds. The van der Waals surface area contributed by atoms with Gasteiger partial charge in [-0.15, -0.1) is 0 Å². The zero-order valence-corrected chi connectivity index (χ0v) is 16.9. The van der Waals surface area contributed by atoms with Gasteiger partial charge >= 0.3 is 0 Å². The Kier molecular flexibility index (Phi) is 4.11. The van der Waals surface area contributed by atoms with Crippen molar-refractivity contribution in [2.45, 2.75) is 57.3 Å². The lowest BCUT2D eigenvalue weighted by atomic mass is 9.68. The van der Waals surface area contributed by atoms with E-state index in [9.17, 15) is 4.39 Å². The summed E-state index contributed by atoms with van der Waals surface area (Å²) in [5.41, 5.74) is 1.99. The van der Waals surface area contributed by atoms with Gasteiger partial charge in [0.25, 0.3) is 0 Å². The summed E-state index contributed by atoms with van der Waals surface area (Å²) in [7, 11) is 0. The molecule has 0 radical (unpaired) electrons. The van der Waals surface area contributed by atoms with E-state index in [4.69, 9.17) is 0 Å². The van der Waals surface area contributed by atoms with Crippen LogP contribution in [0, 0.1) is 18.6 Å². The Morgan fingerprint density at radius 1 is 1.07 bits per heavy atom. The highest BCUT2D eigenvalue weighted by atomic mass is 19.1. The maximum Gasteiger partial charge on any atom is 0.131 e. The number of rotatable bonds is 3. The summed E-state index contributed by atoms with van der Waals surface area (Å²) in [6.07, 6.45) is 1.92. The number of hydrogen-bond acceptors (Lipinski definition) is 1. The lowest BCUT2D eigenvalue weighted by Gasteiger charge is -2.53. The molecule has 1 N–H and O–H groups in total. The summed E-state index contributed by atoms with van der Waals surface area (Å²) in [6.45, 7) is 4.86. The highest BCUT2D eigenvalue weighted by Gasteiger charge is 2.50. The van der Waals surface area contributed by atoms with E-state index in [1.165, 1.54) is 26.0 Å². The number of fused-ring (bicyclic) bond motifs is 5. The number of aryl methyl sites for hydroxylation is 1. The van der Waals surface area contributed by atoms with Crippen LogP contribution in [-0.2, 0) is 0 Å². The van der Waals surface area contributed by atoms with Crippen LogP contribution in [0.4, 0.5) is 13.2 Å². The third-order valence-corrected chi connectivity index (χ3v) is 6.47. The molecule has 3 atom stereocenters. The van der Waals surface area contributed by atoms with Crippen LogP contribution in [0.2, 0.25) is 0 Å². The van der Waals surface area contributed by atoms with Crippen molar-refractivity contribution in [2.24, 2.45) is 0 Å². The topological polar surface area (TPSA) is 19.0 Å². The average Bonchev–Trinajstić information content (AvgIpc) is 2.94. The van der Waals surface area contributed by atoms with Crippen LogP contribution < -0.4 is 0 Å². The Morgan fingerprint density at radius 2 is 1.76 bits per heavy atom. The molecule has 5 rings (SSSR count). The molecule has 2 aliphatic rings. The van der Waals surface area contributed by atoms with Crippen molar-refractivity contribution in [3.8, 4) is 0 Å². The lowest BCUT2D eigenvalue weighted by molar-refractivity contribution is 0.00922. The van der Waals surface area contributed by atoms with Crippen LogP contribution in [0.15, 0.2) is 36.4 Å². The van der Waals surface area contributed by atoms with E-state index in [1.807, 2.05) is 23.1 Å². The molecule has 1 aliphatic heterocycles. The smallest absolute Gasteiger partial charge is 0.131 e. The van der Waals surface area contributed by atoms with Crippen LogP contribution in [-0.4, -0.2) is 28.1 Å². The molecule has 2 aromatic carbocycles. The number of nitrogens with one attached hydrogen (secondary N) is 1. The third kappa shape index (κ3) is 2.90. The molecule has 3 aromatic rings. The first-order valence-corrected chi connectivity index (χ1v) is 10.3. The van der Waals surface area contributed by atoms with E-state index in [0.29, 0.717) is 5.56 Å². The first-order valence-electron chi connectivity index (χ1n) is 10.3. The Bertz CT molecular complexity index is 1070. The van der Waals surface area contributed by atoms with E-state index in [-0.39, 0.29) is 24.1 Å². The Balaban J connectivity index is 1.78.